The maximum Gasteiger partial charge on any atom is 0.237 e. The first-order chi connectivity index (χ1) is 12.1. The maximum atomic E-state index is 12.9. The molecule has 1 amide bonds. The average molecular weight is 360 g/mol. The van der Waals surface area contributed by atoms with Crippen molar-refractivity contribution in [3.05, 3.63) is 34.9 Å². The lowest BCUT2D eigenvalue weighted by atomic mass is 9.81. The Labute approximate surface area is 155 Å². The van der Waals surface area contributed by atoms with Crippen molar-refractivity contribution in [2.75, 3.05) is 20.1 Å². The zero-order chi connectivity index (χ0) is 17.9. The molecule has 2 aliphatic rings. The molecule has 0 N–H and O–H groups in total. The zero-order valence-corrected chi connectivity index (χ0v) is 15.6. The minimum atomic E-state index is -0.616. The van der Waals surface area contributed by atoms with Crippen LogP contribution < -0.4 is 0 Å². The molecular weight excluding hydrogens is 334 g/mol. The van der Waals surface area contributed by atoms with E-state index in [1.807, 2.05) is 18.2 Å². The lowest BCUT2D eigenvalue weighted by molar-refractivity contribution is -0.136. The van der Waals surface area contributed by atoms with Gasteiger partial charge in [-0.15, -0.1) is 0 Å². The molecule has 1 aromatic carbocycles. The standard InChI is InChI=1S/C20H26ClN3O/c1-23(20(15-22)11-5-2-6-12-20)19(25)14-24-13-7-10-18(24)16-8-3-4-9-17(16)21/h3-4,8-9,18H,2,5-7,10-14H2,1H3. The van der Waals surface area contributed by atoms with Gasteiger partial charge >= 0.3 is 0 Å². The van der Waals surface area contributed by atoms with Crippen LogP contribution >= 0.6 is 11.6 Å². The van der Waals surface area contributed by atoms with Crippen LogP contribution in [0.25, 0.3) is 0 Å². The van der Waals surface area contributed by atoms with Crippen LogP contribution in [-0.4, -0.2) is 41.4 Å². The Morgan fingerprint density at radius 2 is 2.04 bits per heavy atom. The van der Waals surface area contributed by atoms with E-state index in [1.54, 1.807) is 11.9 Å². The molecule has 1 saturated heterocycles. The first kappa shape index (κ1) is 18.2. The minimum Gasteiger partial charge on any atom is -0.326 e. The van der Waals surface area contributed by atoms with Gasteiger partial charge in [-0.3, -0.25) is 9.69 Å². The number of rotatable bonds is 4. The van der Waals surface area contributed by atoms with E-state index in [0.717, 1.165) is 62.1 Å². The second-order valence-corrected chi connectivity index (χ2v) is 7.71. The van der Waals surface area contributed by atoms with Gasteiger partial charge in [-0.2, -0.15) is 5.26 Å². The highest BCUT2D eigenvalue weighted by molar-refractivity contribution is 6.31. The van der Waals surface area contributed by atoms with E-state index in [1.165, 1.54) is 0 Å². The summed E-state index contributed by atoms with van der Waals surface area (Å²) in [6, 6.07) is 10.5. The van der Waals surface area contributed by atoms with Crippen LogP contribution in [0.2, 0.25) is 5.02 Å². The summed E-state index contributed by atoms with van der Waals surface area (Å²) in [6.07, 6.45) is 6.88. The summed E-state index contributed by atoms with van der Waals surface area (Å²) in [5.41, 5.74) is 0.486. The average Bonchev–Trinajstić information content (AvgIpc) is 3.09. The van der Waals surface area contributed by atoms with Gasteiger partial charge in [0.2, 0.25) is 5.91 Å². The van der Waals surface area contributed by atoms with Gasteiger partial charge in [-0.25, -0.2) is 0 Å². The highest BCUT2D eigenvalue weighted by atomic mass is 35.5. The molecule has 0 spiro atoms. The summed E-state index contributed by atoms with van der Waals surface area (Å²) in [5, 5.41) is 10.5. The Morgan fingerprint density at radius 3 is 2.72 bits per heavy atom. The predicted octanol–water partition coefficient (Wildman–Crippen LogP) is 4.16. The lowest BCUT2D eigenvalue weighted by Crippen LogP contribution is -2.52. The van der Waals surface area contributed by atoms with E-state index in [9.17, 15) is 10.1 Å². The molecule has 2 fully saturated rings. The van der Waals surface area contributed by atoms with Gasteiger partial charge in [0.05, 0.1) is 12.6 Å². The number of hydrogen-bond donors (Lipinski definition) is 0. The van der Waals surface area contributed by atoms with Crippen LogP contribution in [0.3, 0.4) is 0 Å². The molecule has 1 atom stereocenters. The third-order valence-electron chi connectivity index (χ3n) is 5.87. The van der Waals surface area contributed by atoms with Crippen molar-refractivity contribution < 1.29 is 4.79 Å². The van der Waals surface area contributed by atoms with E-state index in [4.69, 9.17) is 11.6 Å². The molecule has 0 bridgehead atoms. The second kappa shape index (κ2) is 7.76. The molecule has 4 nitrogen and oxygen atoms in total. The van der Waals surface area contributed by atoms with Crippen molar-refractivity contribution in [1.29, 1.82) is 5.26 Å². The van der Waals surface area contributed by atoms with Gasteiger partial charge in [-0.1, -0.05) is 49.1 Å². The van der Waals surface area contributed by atoms with Gasteiger partial charge < -0.3 is 4.90 Å². The van der Waals surface area contributed by atoms with Crippen LogP contribution in [0.5, 0.6) is 0 Å². The zero-order valence-electron chi connectivity index (χ0n) is 14.9. The molecule has 5 heteroatoms. The molecule has 1 unspecified atom stereocenters. The van der Waals surface area contributed by atoms with Crippen LogP contribution in [0.4, 0.5) is 0 Å². The minimum absolute atomic E-state index is 0.0439. The van der Waals surface area contributed by atoms with Crippen molar-refractivity contribution in [3.63, 3.8) is 0 Å². The molecular formula is C20H26ClN3O. The van der Waals surface area contributed by atoms with E-state index in [-0.39, 0.29) is 11.9 Å². The molecule has 1 aliphatic carbocycles. The number of likely N-dealkylation sites (tertiary alicyclic amines) is 1. The first-order valence-electron chi connectivity index (χ1n) is 9.24. The number of amides is 1. The molecule has 1 heterocycles. The Hall–Kier alpha value is -1.57. The fraction of sp³-hybridized carbons (Fsp3) is 0.600. The summed E-state index contributed by atoms with van der Waals surface area (Å²) >= 11 is 6.37. The van der Waals surface area contributed by atoms with Gasteiger partial charge in [0.1, 0.15) is 5.54 Å². The normalized spacial score (nSPS) is 23.2. The second-order valence-electron chi connectivity index (χ2n) is 7.31. The lowest BCUT2D eigenvalue weighted by Gasteiger charge is -2.40. The van der Waals surface area contributed by atoms with E-state index >= 15 is 0 Å². The Kier molecular flexibility index (Phi) is 5.66. The summed E-state index contributed by atoms with van der Waals surface area (Å²) in [6.45, 7) is 1.25. The Morgan fingerprint density at radius 1 is 1.32 bits per heavy atom. The maximum absolute atomic E-state index is 12.9. The largest absolute Gasteiger partial charge is 0.326 e. The SMILES string of the molecule is CN(C(=O)CN1CCCC1c1ccccc1Cl)C1(C#N)CCCCC1. The summed E-state index contributed by atoms with van der Waals surface area (Å²) in [7, 11) is 1.80. The number of nitriles is 1. The van der Waals surface area contributed by atoms with Crippen molar-refractivity contribution in [2.24, 2.45) is 0 Å². The summed E-state index contributed by atoms with van der Waals surface area (Å²) < 4.78 is 0. The number of hydrogen-bond acceptors (Lipinski definition) is 3. The van der Waals surface area contributed by atoms with Crippen molar-refractivity contribution in [2.45, 2.75) is 56.5 Å². The fourth-order valence-corrected chi connectivity index (χ4v) is 4.55. The molecule has 25 heavy (non-hydrogen) atoms. The first-order valence-corrected chi connectivity index (χ1v) is 9.61. The number of carbonyl (C=O) groups excluding carboxylic acids is 1. The van der Waals surface area contributed by atoms with E-state index < -0.39 is 5.54 Å². The highest BCUT2D eigenvalue weighted by Crippen LogP contribution is 2.36. The highest BCUT2D eigenvalue weighted by Gasteiger charge is 2.40. The number of halogens is 1. The van der Waals surface area contributed by atoms with E-state index in [2.05, 4.69) is 17.0 Å². The van der Waals surface area contributed by atoms with Crippen molar-refractivity contribution in [3.8, 4) is 6.07 Å². The molecule has 0 aromatic heterocycles. The molecule has 1 aromatic rings. The van der Waals surface area contributed by atoms with Crippen molar-refractivity contribution in [1.82, 2.24) is 9.80 Å². The van der Waals surface area contributed by atoms with Gasteiger partial charge in [0.15, 0.2) is 0 Å². The molecule has 1 aliphatic heterocycles. The molecule has 134 valence electrons. The molecule has 3 rings (SSSR count). The van der Waals surface area contributed by atoms with Crippen LogP contribution in [-0.2, 0) is 4.79 Å². The fourth-order valence-electron chi connectivity index (χ4n) is 4.29. The number of carbonyl (C=O) groups is 1. The van der Waals surface area contributed by atoms with Gasteiger partial charge in [0.25, 0.3) is 0 Å². The summed E-state index contributed by atoms with van der Waals surface area (Å²) in [5.74, 6) is 0.0439. The third-order valence-corrected chi connectivity index (χ3v) is 6.22. The number of nitrogens with zero attached hydrogens (tertiary/aromatic N) is 3. The monoisotopic (exact) mass is 359 g/mol. The summed E-state index contributed by atoms with van der Waals surface area (Å²) in [4.78, 5) is 16.9. The quantitative estimate of drug-likeness (QED) is 0.810. The van der Waals surface area contributed by atoms with E-state index in [0.29, 0.717) is 6.54 Å². The smallest absolute Gasteiger partial charge is 0.237 e. The molecule has 0 radical (unpaired) electrons. The molecule has 1 saturated carbocycles. The predicted molar refractivity (Wildman–Crippen MR) is 99.2 cm³/mol. The topological polar surface area (TPSA) is 47.3 Å². The van der Waals surface area contributed by atoms with Gasteiger partial charge in [0, 0.05) is 18.1 Å². The number of likely N-dealkylation sites (N-methyl/N-ethyl adjacent to an activating group) is 1. The third kappa shape index (κ3) is 3.68. The van der Waals surface area contributed by atoms with Crippen LogP contribution in [0.15, 0.2) is 24.3 Å². The van der Waals surface area contributed by atoms with Gasteiger partial charge in [-0.05, 0) is 43.9 Å². The van der Waals surface area contributed by atoms with Crippen LogP contribution in [0.1, 0.15) is 56.6 Å². The Bertz CT molecular complexity index is 663. The van der Waals surface area contributed by atoms with Crippen molar-refractivity contribution >= 4 is 17.5 Å². The number of benzene rings is 1. The van der Waals surface area contributed by atoms with Crippen LogP contribution in [0, 0.1) is 11.3 Å². The Balaban J connectivity index is 1.71.